The van der Waals surface area contributed by atoms with Gasteiger partial charge in [-0.3, -0.25) is 4.79 Å². The summed E-state index contributed by atoms with van der Waals surface area (Å²) in [4.78, 5) is 25.1. The van der Waals surface area contributed by atoms with Crippen molar-refractivity contribution in [1.82, 2.24) is 4.90 Å². The van der Waals surface area contributed by atoms with Gasteiger partial charge in [0.1, 0.15) is 0 Å². The van der Waals surface area contributed by atoms with Crippen molar-refractivity contribution in [2.24, 2.45) is 5.73 Å². The Morgan fingerprint density at radius 2 is 2.20 bits per heavy atom. The Kier molecular flexibility index (Phi) is 4.39. The average Bonchev–Trinajstić information content (AvgIpc) is 2.45. The zero-order valence-corrected chi connectivity index (χ0v) is 11.6. The van der Waals surface area contributed by atoms with Gasteiger partial charge in [0.2, 0.25) is 5.91 Å². The molecule has 2 rings (SSSR count). The fourth-order valence-electron chi connectivity index (χ4n) is 2.67. The largest absolute Gasteiger partial charge is 0.478 e. The molecule has 0 radical (unpaired) electrons. The van der Waals surface area contributed by atoms with Gasteiger partial charge in [0.05, 0.1) is 11.6 Å². The molecule has 0 aromatic heterocycles. The van der Waals surface area contributed by atoms with Crippen molar-refractivity contribution in [1.29, 1.82) is 0 Å². The first-order valence-corrected chi connectivity index (χ1v) is 6.93. The molecule has 1 amide bonds. The van der Waals surface area contributed by atoms with Crippen molar-refractivity contribution in [3.63, 3.8) is 0 Å². The van der Waals surface area contributed by atoms with Crippen molar-refractivity contribution >= 4 is 11.9 Å². The van der Waals surface area contributed by atoms with Crippen LogP contribution >= 0.6 is 0 Å². The molecule has 0 unspecified atom stereocenters. The SMILES string of the molecule is CCC[C@@H](N)C(=O)N1CCc2c(cccc2C(=O)O)C1. The van der Waals surface area contributed by atoms with Crippen LogP contribution in [0.4, 0.5) is 0 Å². The van der Waals surface area contributed by atoms with E-state index in [1.165, 1.54) is 0 Å². The van der Waals surface area contributed by atoms with Gasteiger partial charge in [-0.15, -0.1) is 0 Å². The standard InChI is InChI=1S/C15H20N2O3/c1-2-4-13(16)14(18)17-8-7-11-10(9-17)5-3-6-12(11)15(19)20/h3,5-6,13H,2,4,7-9,16H2,1H3,(H,19,20)/t13-/m1/s1. The van der Waals surface area contributed by atoms with Gasteiger partial charge in [-0.2, -0.15) is 0 Å². The van der Waals surface area contributed by atoms with Gasteiger partial charge >= 0.3 is 5.97 Å². The molecular weight excluding hydrogens is 256 g/mol. The van der Waals surface area contributed by atoms with E-state index in [1.54, 1.807) is 17.0 Å². The summed E-state index contributed by atoms with van der Waals surface area (Å²) in [6.45, 7) is 2.98. The lowest BCUT2D eigenvalue weighted by Gasteiger charge is -2.31. The minimum absolute atomic E-state index is 0.0433. The summed E-state index contributed by atoms with van der Waals surface area (Å²) < 4.78 is 0. The summed E-state index contributed by atoms with van der Waals surface area (Å²) in [5.74, 6) is -0.956. The maximum atomic E-state index is 12.2. The zero-order chi connectivity index (χ0) is 14.7. The molecule has 5 nitrogen and oxygen atoms in total. The Morgan fingerprint density at radius 3 is 2.85 bits per heavy atom. The van der Waals surface area contributed by atoms with E-state index in [9.17, 15) is 14.7 Å². The predicted molar refractivity (Wildman–Crippen MR) is 75.4 cm³/mol. The smallest absolute Gasteiger partial charge is 0.335 e. The number of carbonyl (C=O) groups is 2. The molecule has 20 heavy (non-hydrogen) atoms. The summed E-state index contributed by atoms with van der Waals surface area (Å²) in [7, 11) is 0. The molecule has 0 spiro atoms. The summed E-state index contributed by atoms with van der Waals surface area (Å²) in [5.41, 5.74) is 7.96. The number of carbonyl (C=O) groups excluding carboxylic acids is 1. The third-order valence-corrected chi connectivity index (χ3v) is 3.72. The van der Waals surface area contributed by atoms with E-state index >= 15 is 0 Å². The molecule has 0 saturated heterocycles. The van der Waals surface area contributed by atoms with Gasteiger partial charge < -0.3 is 15.7 Å². The number of fused-ring (bicyclic) bond motifs is 1. The van der Waals surface area contributed by atoms with Crippen LogP contribution in [0.1, 0.15) is 41.3 Å². The van der Waals surface area contributed by atoms with Gasteiger partial charge in [0.25, 0.3) is 0 Å². The van der Waals surface area contributed by atoms with Crippen molar-refractivity contribution in [2.75, 3.05) is 6.54 Å². The van der Waals surface area contributed by atoms with E-state index in [-0.39, 0.29) is 5.91 Å². The lowest BCUT2D eigenvalue weighted by Crippen LogP contribution is -2.46. The number of carboxylic acid groups (broad SMARTS) is 1. The second-order valence-electron chi connectivity index (χ2n) is 5.15. The second-order valence-corrected chi connectivity index (χ2v) is 5.15. The molecule has 1 aromatic rings. The van der Waals surface area contributed by atoms with Crippen LogP contribution < -0.4 is 5.73 Å². The molecule has 0 aliphatic carbocycles. The third kappa shape index (κ3) is 2.82. The molecule has 1 heterocycles. The first-order chi connectivity index (χ1) is 9.54. The van der Waals surface area contributed by atoms with Gasteiger partial charge in [-0.1, -0.05) is 25.5 Å². The van der Waals surface area contributed by atoms with E-state index in [4.69, 9.17) is 5.73 Å². The Morgan fingerprint density at radius 1 is 1.45 bits per heavy atom. The fraction of sp³-hybridized carbons (Fsp3) is 0.467. The van der Waals surface area contributed by atoms with Crippen LogP contribution in [0.2, 0.25) is 0 Å². The van der Waals surface area contributed by atoms with Crippen molar-refractivity contribution in [3.8, 4) is 0 Å². The maximum absolute atomic E-state index is 12.2. The Bertz CT molecular complexity index is 528. The molecule has 1 aliphatic rings. The number of nitrogens with zero attached hydrogens (tertiary/aromatic N) is 1. The summed E-state index contributed by atoms with van der Waals surface area (Å²) in [6.07, 6.45) is 2.13. The van der Waals surface area contributed by atoms with E-state index in [2.05, 4.69) is 0 Å². The summed E-state index contributed by atoms with van der Waals surface area (Å²) in [6, 6.07) is 4.76. The van der Waals surface area contributed by atoms with Gasteiger partial charge in [0, 0.05) is 13.1 Å². The Hall–Kier alpha value is -1.88. The number of hydrogen-bond donors (Lipinski definition) is 2. The summed E-state index contributed by atoms with van der Waals surface area (Å²) in [5, 5.41) is 9.17. The normalized spacial score (nSPS) is 15.6. The minimum atomic E-state index is -0.913. The molecule has 1 atom stereocenters. The molecule has 0 saturated carbocycles. The number of hydrogen-bond acceptors (Lipinski definition) is 3. The third-order valence-electron chi connectivity index (χ3n) is 3.72. The van der Waals surface area contributed by atoms with Crippen LogP contribution in [0.5, 0.6) is 0 Å². The molecule has 1 aliphatic heterocycles. The maximum Gasteiger partial charge on any atom is 0.335 e. The molecule has 5 heteroatoms. The van der Waals surface area contributed by atoms with E-state index in [0.29, 0.717) is 31.5 Å². The topological polar surface area (TPSA) is 83.6 Å². The first-order valence-electron chi connectivity index (χ1n) is 6.93. The van der Waals surface area contributed by atoms with Crippen molar-refractivity contribution < 1.29 is 14.7 Å². The molecule has 0 bridgehead atoms. The van der Waals surface area contributed by atoms with Crippen LogP contribution in [0.25, 0.3) is 0 Å². The molecule has 108 valence electrons. The van der Waals surface area contributed by atoms with E-state index in [0.717, 1.165) is 17.5 Å². The van der Waals surface area contributed by atoms with E-state index in [1.807, 2.05) is 13.0 Å². The number of amides is 1. The predicted octanol–water partition coefficient (Wildman–Crippen LogP) is 1.40. The zero-order valence-electron chi connectivity index (χ0n) is 11.6. The van der Waals surface area contributed by atoms with Crippen LogP contribution in [0.15, 0.2) is 18.2 Å². The van der Waals surface area contributed by atoms with Crippen molar-refractivity contribution in [3.05, 3.63) is 34.9 Å². The first kappa shape index (κ1) is 14.5. The average molecular weight is 276 g/mol. The monoisotopic (exact) mass is 276 g/mol. The summed E-state index contributed by atoms with van der Waals surface area (Å²) >= 11 is 0. The van der Waals surface area contributed by atoms with Gasteiger partial charge in [-0.05, 0) is 30.0 Å². The number of carboxylic acids is 1. The fourth-order valence-corrected chi connectivity index (χ4v) is 2.67. The number of aromatic carboxylic acids is 1. The lowest BCUT2D eigenvalue weighted by atomic mass is 9.94. The number of nitrogens with two attached hydrogens (primary N) is 1. The highest BCUT2D eigenvalue weighted by molar-refractivity contribution is 5.90. The Labute approximate surface area is 118 Å². The lowest BCUT2D eigenvalue weighted by molar-refractivity contribution is -0.133. The number of rotatable bonds is 4. The second kappa shape index (κ2) is 6.05. The minimum Gasteiger partial charge on any atom is -0.478 e. The molecule has 3 N–H and O–H groups in total. The highest BCUT2D eigenvalue weighted by atomic mass is 16.4. The highest BCUT2D eigenvalue weighted by Crippen LogP contribution is 2.23. The van der Waals surface area contributed by atoms with Gasteiger partial charge in [-0.25, -0.2) is 4.79 Å². The molecule has 1 aromatic carbocycles. The quantitative estimate of drug-likeness (QED) is 0.870. The Balaban J connectivity index is 2.18. The molecular formula is C15H20N2O3. The van der Waals surface area contributed by atoms with Crippen molar-refractivity contribution in [2.45, 2.75) is 38.8 Å². The van der Waals surface area contributed by atoms with Crippen LogP contribution in [0, 0.1) is 0 Å². The van der Waals surface area contributed by atoms with E-state index < -0.39 is 12.0 Å². The van der Waals surface area contributed by atoms with Gasteiger partial charge in [0.15, 0.2) is 0 Å². The van der Waals surface area contributed by atoms with Crippen LogP contribution in [-0.2, 0) is 17.8 Å². The number of benzene rings is 1. The molecule has 0 fully saturated rings. The highest BCUT2D eigenvalue weighted by Gasteiger charge is 2.26. The van der Waals surface area contributed by atoms with Crippen LogP contribution in [0.3, 0.4) is 0 Å². The van der Waals surface area contributed by atoms with Crippen LogP contribution in [-0.4, -0.2) is 34.5 Å².